The summed E-state index contributed by atoms with van der Waals surface area (Å²) in [7, 11) is 0. The third-order valence-electron chi connectivity index (χ3n) is 3.75. The summed E-state index contributed by atoms with van der Waals surface area (Å²) in [5, 5.41) is 0.319. The molecule has 1 aliphatic rings. The van der Waals surface area contributed by atoms with Gasteiger partial charge in [-0.05, 0) is 43.9 Å². The first-order valence-corrected chi connectivity index (χ1v) is 8.36. The third-order valence-corrected chi connectivity index (χ3v) is 5.17. The fourth-order valence-corrected chi connectivity index (χ4v) is 4.14. The Morgan fingerprint density at radius 3 is 2.48 bits per heavy atom. The van der Waals surface area contributed by atoms with Gasteiger partial charge in [-0.25, -0.2) is 0 Å². The van der Waals surface area contributed by atoms with Crippen LogP contribution in [0.25, 0.3) is 0 Å². The van der Waals surface area contributed by atoms with Crippen molar-refractivity contribution in [3.8, 4) is 0 Å². The molecule has 0 bridgehead atoms. The van der Waals surface area contributed by atoms with E-state index in [0.717, 1.165) is 25.7 Å². The van der Waals surface area contributed by atoms with Gasteiger partial charge in [-0.15, -0.1) is 11.8 Å². The van der Waals surface area contributed by atoms with E-state index in [4.69, 9.17) is 5.73 Å². The van der Waals surface area contributed by atoms with Crippen LogP contribution in [0.4, 0.5) is 13.2 Å². The summed E-state index contributed by atoms with van der Waals surface area (Å²) in [5.74, 6) is 0. The smallest absolute Gasteiger partial charge is 0.328 e. The van der Waals surface area contributed by atoms with Gasteiger partial charge >= 0.3 is 6.18 Å². The van der Waals surface area contributed by atoms with Crippen LogP contribution in [-0.2, 0) is 12.6 Å². The Labute approximate surface area is 128 Å². The number of benzene rings is 1. The molecule has 0 saturated heterocycles. The van der Waals surface area contributed by atoms with Gasteiger partial charge in [-0.3, -0.25) is 0 Å². The Morgan fingerprint density at radius 2 is 1.90 bits per heavy atom. The molecule has 0 aromatic heterocycles. The van der Waals surface area contributed by atoms with Gasteiger partial charge in [0.1, 0.15) is 0 Å². The van der Waals surface area contributed by atoms with E-state index >= 15 is 0 Å². The number of thioether (sulfide) groups is 1. The molecule has 5 heteroatoms. The summed E-state index contributed by atoms with van der Waals surface area (Å²) in [6, 6.07) is 4.54. The first kappa shape index (κ1) is 16.7. The Morgan fingerprint density at radius 1 is 1.24 bits per heavy atom. The minimum atomic E-state index is -4.30. The molecule has 1 aromatic carbocycles. The van der Waals surface area contributed by atoms with Crippen molar-refractivity contribution < 1.29 is 13.2 Å². The molecule has 1 aliphatic carbocycles. The molecule has 0 spiro atoms. The van der Waals surface area contributed by atoms with Gasteiger partial charge in [-0.2, -0.15) is 13.2 Å². The van der Waals surface area contributed by atoms with E-state index in [2.05, 4.69) is 0 Å². The first-order chi connectivity index (χ1) is 9.86. The van der Waals surface area contributed by atoms with Crippen LogP contribution in [0.3, 0.4) is 0 Å². The summed E-state index contributed by atoms with van der Waals surface area (Å²) in [6.07, 6.45) is 1.66. The van der Waals surface area contributed by atoms with E-state index in [1.54, 1.807) is 19.1 Å². The zero-order valence-electron chi connectivity index (χ0n) is 12.2. The number of halogens is 3. The van der Waals surface area contributed by atoms with E-state index in [9.17, 15) is 13.2 Å². The predicted molar refractivity (Wildman–Crippen MR) is 81.5 cm³/mol. The monoisotopic (exact) mass is 317 g/mol. The third kappa shape index (κ3) is 4.92. The summed E-state index contributed by atoms with van der Waals surface area (Å²) in [5.41, 5.74) is 5.84. The van der Waals surface area contributed by atoms with Crippen LogP contribution >= 0.6 is 11.8 Å². The highest BCUT2D eigenvalue weighted by Gasteiger charge is 2.34. The van der Waals surface area contributed by atoms with Gasteiger partial charge in [0.2, 0.25) is 0 Å². The van der Waals surface area contributed by atoms with Crippen LogP contribution in [0.2, 0.25) is 0 Å². The van der Waals surface area contributed by atoms with E-state index < -0.39 is 11.7 Å². The summed E-state index contributed by atoms with van der Waals surface area (Å²) < 4.78 is 39.8. The molecule has 0 aliphatic heterocycles. The maximum atomic E-state index is 13.3. The van der Waals surface area contributed by atoms with E-state index in [1.165, 1.54) is 24.2 Å². The number of hydrogen-bond donors (Lipinski definition) is 1. The Balaban J connectivity index is 2.22. The second-order valence-electron chi connectivity index (χ2n) is 5.89. The standard InChI is InChI=1S/C16H22F3NS/c1-11(20)9-12-7-8-15(14(10-12)16(17,18)19)21-13-5-3-2-4-6-13/h7-8,10-11,13H,2-6,9,20H2,1H3. The number of alkyl halides is 3. The molecule has 1 fully saturated rings. The molecular weight excluding hydrogens is 295 g/mol. The summed E-state index contributed by atoms with van der Waals surface area (Å²) in [4.78, 5) is 0.364. The van der Waals surface area contributed by atoms with Crippen molar-refractivity contribution in [2.75, 3.05) is 0 Å². The minimum Gasteiger partial charge on any atom is -0.328 e. The zero-order chi connectivity index (χ0) is 15.5. The fourth-order valence-electron chi connectivity index (χ4n) is 2.76. The molecule has 2 N–H and O–H groups in total. The lowest BCUT2D eigenvalue weighted by molar-refractivity contribution is -0.139. The maximum absolute atomic E-state index is 13.3. The van der Waals surface area contributed by atoms with Crippen molar-refractivity contribution >= 4 is 11.8 Å². The average Bonchev–Trinajstić information content (AvgIpc) is 2.40. The molecule has 1 nitrogen and oxygen atoms in total. The lowest BCUT2D eigenvalue weighted by Crippen LogP contribution is -2.18. The topological polar surface area (TPSA) is 26.0 Å². The summed E-state index contributed by atoms with van der Waals surface area (Å²) >= 11 is 1.39. The maximum Gasteiger partial charge on any atom is 0.417 e. The quantitative estimate of drug-likeness (QED) is 0.844. The van der Waals surface area contributed by atoms with Crippen molar-refractivity contribution in [1.82, 2.24) is 0 Å². The molecule has 1 saturated carbocycles. The molecule has 118 valence electrons. The van der Waals surface area contributed by atoms with Crippen molar-refractivity contribution in [2.45, 2.75) is 67.8 Å². The van der Waals surface area contributed by atoms with Gasteiger partial charge < -0.3 is 5.73 Å². The van der Waals surface area contributed by atoms with Crippen LogP contribution in [-0.4, -0.2) is 11.3 Å². The fraction of sp³-hybridized carbons (Fsp3) is 0.625. The lowest BCUT2D eigenvalue weighted by Gasteiger charge is -2.23. The molecule has 0 amide bonds. The van der Waals surface area contributed by atoms with Crippen molar-refractivity contribution in [3.05, 3.63) is 29.3 Å². The lowest BCUT2D eigenvalue weighted by atomic mass is 10.0. The van der Waals surface area contributed by atoms with Gasteiger partial charge in [0, 0.05) is 16.2 Å². The highest BCUT2D eigenvalue weighted by molar-refractivity contribution is 8.00. The number of nitrogens with two attached hydrogens (primary N) is 1. The Kier molecular flexibility index (Phi) is 5.60. The van der Waals surface area contributed by atoms with Crippen LogP contribution in [0.15, 0.2) is 23.1 Å². The van der Waals surface area contributed by atoms with Gasteiger partial charge in [0.05, 0.1) is 5.56 Å². The van der Waals surface area contributed by atoms with Gasteiger partial charge in [0.15, 0.2) is 0 Å². The minimum absolute atomic E-state index is 0.136. The Hall–Kier alpha value is -0.680. The second kappa shape index (κ2) is 7.05. The van der Waals surface area contributed by atoms with Gasteiger partial charge in [-0.1, -0.05) is 25.3 Å². The van der Waals surface area contributed by atoms with Gasteiger partial charge in [0.25, 0.3) is 0 Å². The molecule has 21 heavy (non-hydrogen) atoms. The SMILES string of the molecule is CC(N)Cc1ccc(SC2CCCCC2)c(C(F)(F)F)c1. The molecule has 0 radical (unpaired) electrons. The van der Waals surface area contributed by atoms with Crippen LogP contribution in [0.5, 0.6) is 0 Å². The molecule has 1 atom stereocenters. The van der Waals surface area contributed by atoms with Crippen molar-refractivity contribution in [2.24, 2.45) is 5.73 Å². The van der Waals surface area contributed by atoms with E-state index in [0.29, 0.717) is 22.1 Å². The largest absolute Gasteiger partial charge is 0.417 e. The first-order valence-electron chi connectivity index (χ1n) is 7.48. The predicted octanol–water partition coefficient (Wildman–Crippen LogP) is 5.02. The molecule has 0 heterocycles. The van der Waals surface area contributed by atoms with Crippen LogP contribution in [0.1, 0.15) is 50.2 Å². The van der Waals surface area contributed by atoms with E-state index in [1.807, 2.05) is 0 Å². The Bertz CT molecular complexity index is 465. The second-order valence-corrected chi connectivity index (χ2v) is 7.23. The molecule has 1 unspecified atom stereocenters. The van der Waals surface area contributed by atoms with Crippen LogP contribution in [0, 0.1) is 0 Å². The summed E-state index contributed by atoms with van der Waals surface area (Å²) in [6.45, 7) is 1.80. The number of hydrogen-bond acceptors (Lipinski definition) is 2. The van der Waals surface area contributed by atoms with E-state index in [-0.39, 0.29) is 6.04 Å². The normalized spacial score (nSPS) is 18.7. The van der Waals surface area contributed by atoms with Crippen molar-refractivity contribution in [3.63, 3.8) is 0 Å². The molecule has 1 aromatic rings. The zero-order valence-corrected chi connectivity index (χ0v) is 13.1. The average molecular weight is 317 g/mol. The highest BCUT2D eigenvalue weighted by atomic mass is 32.2. The molecular formula is C16H22F3NS. The highest BCUT2D eigenvalue weighted by Crippen LogP contribution is 2.41. The van der Waals surface area contributed by atoms with Crippen LogP contribution < -0.4 is 5.73 Å². The number of rotatable bonds is 4. The molecule has 2 rings (SSSR count). The van der Waals surface area contributed by atoms with Crippen molar-refractivity contribution in [1.29, 1.82) is 0 Å².